The zero-order valence-corrected chi connectivity index (χ0v) is 18.1. The smallest absolute Gasteiger partial charge is 0.246 e. The number of carbonyl (C=O) groups excluding carboxylic acids is 1. The molecule has 0 spiro atoms. The SMILES string of the molecule is COc1ccc(OC)c(S(=O)(=O)N2CCC[C@H](C(=O)NCCCn3ccnc3)C2)c1. The number of aromatic nitrogens is 2. The number of imidazole rings is 1. The minimum atomic E-state index is -3.82. The summed E-state index contributed by atoms with van der Waals surface area (Å²) in [5, 5.41) is 2.93. The molecule has 30 heavy (non-hydrogen) atoms. The van der Waals surface area contributed by atoms with Crippen LogP contribution in [-0.2, 0) is 21.4 Å². The van der Waals surface area contributed by atoms with E-state index in [0.717, 1.165) is 13.0 Å². The summed E-state index contributed by atoms with van der Waals surface area (Å²) < 4.78 is 40.2. The monoisotopic (exact) mass is 436 g/mol. The van der Waals surface area contributed by atoms with Crippen molar-refractivity contribution in [1.82, 2.24) is 19.2 Å². The van der Waals surface area contributed by atoms with Crippen LogP contribution in [0.2, 0.25) is 0 Å². The van der Waals surface area contributed by atoms with Crippen molar-refractivity contribution in [3.8, 4) is 11.5 Å². The second-order valence-electron chi connectivity index (χ2n) is 7.16. The van der Waals surface area contributed by atoms with E-state index in [1.807, 2.05) is 10.8 Å². The van der Waals surface area contributed by atoms with Crippen LogP contribution in [0, 0.1) is 5.92 Å². The lowest BCUT2D eigenvalue weighted by molar-refractivity contribution is -0.126. The first-order valence-electron chi connectivity index (χ1n) is 9.91. The molecule has 0 radical (unpaired) electrons. The third-order valence-corrected chi connectivity index (χ3v) is 7.08. The number of hydrogen-bond donors (Lipinski definition) is 1. The number of carbonyl (C=O) groups is 1. The van der Waals surface area contributed by atoms with Crippen LogP contribution < -0.4 is 14.8 Å². The molecule has 1 fully saturated rings. The van der Waals surface area contributed by atoms with Gasteiger partial charge in [-0.15, -0.1) is 0 Å². The molecule has 1 aromatic carbocycles. The first kappa shape index (κ1) is 22.1. The summed E-state index contributed by atoms with van der Waals surface area (Å²) >= 11 is 0. The van der Waals surface area contributed by atoms with Gasteiger partial charge in [-0.3, -0.25) is 4.79 Å². The summed E-state index contributed by atoms with van der Waals surface area (Å²) in [5.74, 6) is 0.192. The molecule has 2 aromatic rings. The Morgan fingerprint density at radius 3 is 2.83 bits per heavy atom. The Bertz CT molecular complexity index is 946. The molecule has 10 heteroatoms. The highest BCUT2D eigenvalue weighted by molar-refractivity contribution is 7.89. The van der Waals surface area contributed by atoms with E-state index in [1.165, 1.54) is 24.6 Å². The van der Waals surface area contributed by atoms with Gasteiger partial charge in [0.2, 0.25) is 15.9 Å². The van der Waals surface area contributed by atoms with Crippen LogP contribution in [0.5, 0.6) is 11.5 Å². The second kappa shape index (κ2) is 9.94. The molecule has 1 amide bonds. The lowest BCUT2D eigenvalue weighted by Crippen LogP contribution is -2.45. The van der Waals surface area contributed by atoms with E-state index in [9.17, 15) is 13.2 Å². The molecular weight excluding hydrogens is 408 g/mol. The molecule has 0 bridgehead atoms. The molecule has 0 aliphatic carbocycles. The molecule has 1 saturated heterocycles. The standard InChI is InChI=1S/C20H28N4O5S/c1-28-17-6-7-18(29-2)19(13-17)30(26,27)24-11-3-5-16(14-24)20(25)22-8-4-10-23-12-9-21-15-23/h6-7,9,12-13,15-16H,3-5,8,10-11,14H2,1-2H3,(H,22,25)/t16-/m0/s1. The lowest BCUT2D eigenvalue weighted by Gasteiger charge is -2.31. The van der Waals surface area contributed by atoms with Gasteiger partial charge >= 0.3 is 0 Å². The van der Waals surface area contributed by atoms with Crippen molar-refractivity contribution in [3.05, 3.63) is 36.9 Å². The van der Waals surface area contributed by atoms with Crippen molar-refractivity contribution in [3.63, 3.8) is 0 Å². The van der Waals surface area contributed by atoms with E-state index in [2.05, 4.69) is 10.3 Å². The molecule has 1 aromatic heterocycles. The molecule has 0 unspecified atom stereocenters. The number of nitrogens with zero attached hydrogens (tertiary/aromatic N) is 3. The molecule has 164 valence electrons. The first-order chi connectivity index (χ1) is 14.5. The number of ether oxygens (including phenoxy) is 2. The summed E-state index contributed by atoms with van der Waals surface area (Å²) in [4.78, 5) is 16.6. The van der Waals surface area contributed by atoms with Crippen LogP contribution >= 0.6 is 0 Å². The van der Waals surface area contributed by atoms with Gasteiger partial charge in [-0.1, -0.05) is 0 Å². The average Bonchev–Trinajstić information content (AvgIpc) is 3.29. The van der Waals surface area contributed by atoms with Gasteiger partial charge in [0.05, 0.1) is 26.5 Å². The van der Waals surface area contributed by atoms with E-state index in [1.54, 1.807) is 24.7 Å². The Kier molecular flexibility index (Phi) is 7.33. The van der Waals surface area contributed by atoms with Gasteiger partial charge in [-0.05, 0) is 31.4 Å². The molecule has 1 aliphatic rings. The minimum Gasteiger partial charge on any atom is -0.497 e. The van der Waals surface area contributed by atoms with Gasteiger partial charge in [-0.25, -0.2) is 13.4 Å². The summed E-state index contributed by atoms with van der Waals surface area (Å²) in [6.07, 6.45) is 7.38. The van der Waals surface area contributed by atoms with E-state index in [0.29, 0.717) is 31.7 Å². The number of piperidine rings is 1. The van der Waals surface area contributed by atoms with Crippen LogP contribution in [0.3, 0.4) is 0 Å². The third-order valence-electron chi connectivity index (χ3n) is 5.20. The van der Waals surface area contributed by atoms with Gasteiger partial charge in [0.15, 0.2) is 0 Å². The van der Waals surface area contributed by atoms with Crippen molar-refractivity contribution in [2.45, 2.75) is 30.7 Å². The fourth-order valence-corrected chi connectivity index (χ4v) is 5.23. The quantitative estimate of drug-likeness (QED) is 0.598. The maximum absolute atomic E-state index is 13.2. The van der Waals surface area contributed by atoms with Crippen molar-refractivity contribution in [1.29, 1.82) is 0 Å². The summed E-state index contributed by atoms with van der Waals surface area (Å²) in [6.45, 7) is 1.81. The van der Waals surface area contributed by atoms with Crippen LogP contribution in [0.25, 0.3) is 0 Å². The fraction of sp³-hybridized carbons (Fsp3) is 0.500. The second-order valence-corrected chi connectivity index (χ2v) is 9.07. The van der Waals surface area contributed by atoms with E-state index in [4.69, 9.17) is 9.47 Å². The van der Waals surface area contributed by atoms with Crippen LogP contribution in [0.1, 0.15) is 19.3 Å². The fourth-order valence-electron chi connectivity index (χ4n) is 3.54. The number of benzene rings is 1. The molecule has 1 atom stereocenters. The normalized spacial score (nSPS) is 17.5. The minimum absolute atomic E-state index is 0.0470. The Morgan fingerprint density at radius 2 is 2.13 bits per heavy atom. The predicted molar refractivity (Wildman–Crippen MR) is 111 cm³/mol. The number of sulfonamides is 1. The van der Waals surface area contributed by atoms with Gasteiger partial charge in [0.25, 0.3) is 0 Å². The molecule has 9 nitrogen and oxygen atoms in total. The maximum Gasteiger partial charge on any atom is 0.246 e. The molecule has 0 saturated carbocycles. The van der Waals surface area contributed by atoms with Crippen molar-refractivity contribution >= 4 is 15.9 Å². The Hall–Kier alpha value is -2.59. The Balaban J connectivity index is 1.62. The molecule has 2 heterocycles. The Morgan fingerprint density at radius 1 is 1.30 bits per heavy atom. The molecule has 3 rings (SSSR count). The average molecular weight is 437 g/mol. The topological polar surface area (TPSA) is 103 Å². The summed E-state index contributed by atoms with van der Waals surface area (Å²) in [6, 6.07) is 4.67. The summed E-state index contributed by atoms with van der Waals surface area (Å²) in [5.41, 5.74) is 0. The van der Waals surface area contributed by atoms with Crippen LogP contribution in [-0.4, -0.2) is 62.0 Å². The van der Waals surface area contributed by atoms with E-state index < -0.39 is 10.0 Å². The van der Waals surface area contributed by atoms with Crippen molar-refractivity contribution in [2.24, 2.45) is 5.92 Å². The number of nitrogens with one attached hydrogen (secondary N) is 1. The molecule has 1 N–H and O–H groups in total. The number of rotatable bonds is 9. The van der Waals surface area contributed by atoms with Gasteiger partial charge < -0.3 is 19.4 Å². The third kappa shape index (κ3) is 5.11. The first-order valence-corrected chi connectivity index (χ1v) is 11.4. The predicted octanol–water partition coefficient (Wildman–Crippen LogP) is 1.51. The highest BCUT2D eigenvalue weighted by atomic mass is 32.2. The number of aryl methyl sites for hydroxylation is 1. The summed E-state index contributed by atoms with van der Waals surface area (Å²) in [7, 11) is -0.914. The Labute approximate surface area is 177 Å². The van der Waals surface area contributed by atoms with Gasteiger partial charge in [-0.2, -0.15) is 4.31 Å². The van der Waals surface area contributed by atoms with Crippen LogP contribution in [0.4, 0.5) is 0 Å². The van der Waals surface area contributed by atoms with E-state index in [-0.39, 0.29) is 29.0 Å². The van der Waals surface area contributed by atoms with Gasteiger partial charge in [0.1, 0.15) is 16.4 Å². The van der Waals surface area contributed by atoms with Crippen LogP contribution in [0.15, 0.2) is 41.8 Å². The zero-order valence-electron chi connectivity index (χ0n) is 17.3. The van der Waals surface area contributed by atoms with Crippen molar-refractivity contribution < 1.29 is 22.7 Å². The lowest BCUT2D eigenvalue weighted by atomic mass is 9.99. The molecular formula is C20H28N4O5S. The highest BCUT2D eigenvalue weighted by Crippen LogP contribution is 2.32. The number of methoxy groups -OCH3 is 2. The largest absolute Gasteiger partial charge is 0.497 e. The number of amides is 1. The molecule has 1 aliphatic heterocycles. The van der Waals surface area contributed by atoms with Crippen molar-refractivity contribution in [2.75, 3.05) is 33.9 Å². The van der Waals surface area contributed by atoms with E-state index >= 15 is 0 Å². The highest BCUT2D eigenvalue weighted by Gasteiger charge is 2.35. The maximum atomic E-state index is 13.2. The van der Waals surface area contributed by atoms with Gasteiger partial charge in [0, 0.05) is 44.6 Å². The zero-order chi connectivity index (χ0) is 21.6. The number of hydrogen-bond acceptors (Lipinski definition) is 6.